The minimum atomic E-state index is -1.71. The molecule has 13 N–H and O–H groups in total. The molecule has 21 heteroatoms. The van der Waals surface area contributed by atoms with Crippen LogP contribution in [0.3, 0.4) is 0 Å². The third-order valence-corrected chi connectivity index (χ3v) is 20.5. The smallest absolute Gasteiger partial charge is 0.187 e. The summed E-state index contributed by atoms with van der Waals surface area (Å²) >= 11 is 0. The molecule has 4 aliphatic carbocycles. The summed E-state index contributed by atoms with van der Waals surface area (Å²) in [5.41, 5.74) is -1.36. The molecule has 0 radical (unpaired) electrons. The molecular weight excluding hydrogens is 973 g/mol. The zero-order valence-electron chi connectivity index (χ0n) is 44.6. The molecule has 0 amide bonds. The first-order valence-electron chi connectivity index (χ1n) is 27.2. The quantitative estimate of drug-likeness (QED) is 0.0768. The molecule has 428 valence electrons. The summed E-state index contributed by atoms with van der Waals surface area (Å²) in [4.78, 5) is 0. The van der Waals surface area contributed by atoms with Crippen LogP contribution in [0.5, 0.6) is 0 Å². The van der Waals surface area contributed by atoms with Crippen molar-refractivity contribution in [2.45, 2.75) is 255 Å². The number of fused-ring (bicyclic) bond motifs is 5. The van der Waals surface area contributed by atoms with Gasteiger partial charge in [-0.05, 0) is 131 Å². The van der Waals surface area contributed by atoms with Crippen molar-refractivity contribution in [3.63, 3.8) is 0 Å². The van der Waals surface area contributed by atoms with Crippen LogP contribution < -0.4 is 0 Å². The van der Waals surface area contributed by atoms with E-state index in [4.69, 9.17) is 37.9 Å². The van der Waals surface area contributed by atoms with Crippen LogP contribution in [0.4, 0.5) is 0 Å². The van der Waals surface area contributed by atoms with Crippen LogP contribution in [-0.4, -0.2) is 221 Å². The molecular formula is C53H90O21. The average molecular weight is 1060 g/mol. The van der Waals surface area contributed by atoms with Gasteiger partial charge in [-0.25, -0.2) is 0 Å². The normalized spacial score (nSPS) is 53.3. The highest BCUT2D eigenvalue weighted by Crippen LogP contribution is 2.76. The third-order valence-electron chi connectivity index (χ3n) is 20.5. The molecule has 74 heavy (non-hydrogen) atoms. The second-order valence-electron chi connectivity index (χ2n) is 25.3. The Morgan fingerprint density at radius 1 is 0.622 bits per heavy atom. The van der Waals surface area contributed by atoms with E-state index in [1.165, 1.54) is 6.92 Å². The molecule has 10 unspecified atom stereocenters. The Bertz CT molecular complexity index is 1930. The molecule has 4 heterocycles. The van der Waals surface area contributed by atoms with Gasteiger partial charge in [0, 0.05) is 0 Å². The fraction of sp³-hybridized carbons (Fsp3) is 0.962. The molecule has 4 aliphatic heterocycles. The molecule has 0 spiro atoms. The minimum Gasteiger partial charge on any atom is -0.394 e. The lowest BCUT2D eigenvalue weighted by Crippen LogP contribution is -2.68. The van der Waals surface area contributed by atoms with Crippen LogP contribution in [0.1, 0.15) is 120 Å². The lowest BCUT2D eigenvalue weighted by molar-refractivity contribution is -0.371. The van der Waals surface area contributed by atoms with E-state index >= 15 is 0 Å². The van der Waals surface area contributed by atoms with Gasteiger partial charge in [-0.15, -0.1) is 0 Å². The van der Waals surface area contributed by atoms with Gasteiger partial charge in [0.25, 0.3) is 0 Å². The predicted octanol–water partition coefficient (Wildman–Crippen LogP) is -0.536. The maximum Gasteiger partial charge on any atom is 0.187 e. The van der Waals surface area contributed by atoms with E-state index in [9.17, 15) is 66.4 Å². The van der Waals surface area contributed by atoms with Crippen molar-refractivity contribution in [2.24, 2.45) is 45.3 Å². The molecule has 0 aromatic carbocycles. The molecule has 0 aromatic rings. The highest BCUT2D eigenvalue weighted by atomic mass is 16.8. The van der Waals surface area contributed by atoms with Crippen molar-refractivity contribution >= 4 is 0 Å². The van der Waals surface area contributed by atoms with E-state index in [-0.39, 0.29) is 46.5 Å². The highest BCUT2D eigenvalue weighted by Gasteiger charge is 2.72. The molecule has 8 aliphatic rings. The Hall–Kier alpha value is -1.10. The van der Waals surface area contributed by atoms with E-state index in [1.807, 2.05) is 20.8 Å². The summed E-state index contributed by atoms with van der Waals surface area (Å²) in [7, 11) is 0. The second kappa shape index (κ2) is 22.1. The van der Waals surface area contributed by atoms with E-state index < -0.39 is 153 Å². The van der Waals surface area contributed by atoms with Gasteiger partial charge >= 0.3 is 0 Å². The monoisotopic (exact) mass is 1060 g/mol. The average Bonchev–Trinajstić information content (AvgIpc) is 3.73. The SMILES string of the molecule is CC(C)=CCCC(C)(O[C@@H]1O[C@H](CO[C@@H]2O[C@H](C)[C@H](O)[C@@H](O)[C@H]2O)[C@@H](O)[C@@H](O)[C@H]1O)C1CCC2(C)C1C(O)CC1C3(C)CCC(O[C@@H]4O[C@H](CO)[C@@H](O)[C@@H](O)[C@H]4O[C@H]4OC[C@@H](O)[C@H](O)[C@H]4O)C(C)(C)C3CCC12C. The Morgan fingerprint density at radius 2 is 1.24 bits per heavy atom. The topological polar surface area (TPSA) is 337 Å². The van der Waals surface area contributed by atoms with Gasteiger partial charge in [0.1, 0.15) is 85.5 Å². The molecule has 0 aromatic heterocycles. The van der Waals surface area contributed by atoms with Crippen LogP contribution in [0.2, 0.25) is 0 Å². The van der Waals surface area contributed by atoms with Crippen LogP contribution in [0, 0.1) is 45.3 Å². The fourth-order valence-electron chi connectivity index (χ4n) is 15.9. The van der Waals surface area contributed by atoms with Gasteiger partial charge < -0.3 is 104 Å². The first-order valence-corrected chi connectivity index (χ1v) is 27.2. The maximum atomic E-state index is 12.8. The van der Waals surface area contributed by atoms with Crippen molar-refractivity contribution in [3.8, 4) is 0 Å². The summed E-state index contributed by atoms with van der Waals surface area (Å²) < 4.78 is 49.0. The van der Waals surface area contributed by atoms with Crippen LogP contribution in [-0.2, 0) is 37.9 Å². The molecule has 29 atom stereocenters. The summed E-state index contributed by atoms with van der Waals surface area (Å²) in [6, 6.07) is 0. The van der Waals surface area contributed by atoms with Gasteiger partial charge in [0.15, 0.2) is 25.2 Å². The fourth-order valence-corrected chi connectivity index (χ4v) is 15.9. The summed E-state index contributed by atoms with van der Waals surface area (Å²) in [5.74, 6) is -0.318. The predicted molar refractivity (Wildman–Crippen MR) is 259 cm³/mol. The van der Waals surface area contributed by atoms with Crippen molar-refractivity contribution in [3.05, 3.63) is 11.6 Å². The van der Waals surface area contributed by atoms with Crippen LogP contribution in [0.25, 0.3) is 0 Å². The van der Waals surface area contributed by atoms with Gasteiger partial charge in [-0.1, -0.05) is 46.3 Å². The van der Waals surface area contributed by atoms with Crippen molar-refractivity contribution in [1.82, 2.24) is 0 Å². The van der Waals surface area contributed by atoms with Crippen molar-refractivity contribution in [1.29, 1.82) is 0 Å². The lowest BCUT2D eigenvalue weighted by atomic mass is 9.35. The zero-order valence-corrected chi connectivity index (χ0v) is 44.6. The number of hydrogen-bond donors (Lipinski definition) is 13. The number of rotatable bonds is 14. The van der Waals surface area contributed by atoms with E-state index in [0.29, 0.717) is 32.1 Å². The van der Waals surface area contributed by atoms with Crippen molar-refractivity contribution in [2.75, 3.05) is 19.8 Å². The highest BCUT2D eigenvalue weighted by molar-refractivity contribution is 5.20. The largest absolute Gasteiger partial charge is 0.394 e. The first-order chi connectivity index (χ1) is 34.6. The van der Waals surface area contributed by atoms with Crippen molar-refractivity contribution < 1.29 is 104 Å². The molecule has 4 saturated carbocycles. The minimum absolute atomic E-state index is 0.0752. The van der Waals surface area contributed by atoms with E-state index in [2.05, 4.69) is 40.7 Å². The Balaban J connectivity index is 1.01. The van der Waals surface area contributed by atoms with Gasteiger partial charge in [-0.2, -0.15) is 0 Å². The molecule has 4 saturated heterocycles. The molecule has 21 nitrogen and oxygen atoms in total. The number of aliphatic hydroxyl groups is 13. The summed E-state index contributed by atoms with van der Waals surface area (Å²) in [5, 5.41) is 141. The number of aliphatic hydroxyl groups excluding tert-OH is 13. The second-order valence-corrected chi connectivity index (χ2v) is 25.3. The molecule has 8 fully saturated rings. The van der Waals surface area contributed by atoms with Crippen LogP contribution in [0.15, 0.2) is 11.6 Å². The number of allylic oxidation sites excluding steroid dienone is 2. The van der Waals surface area contributed by atoms with Gasteiger partial charge in [0.05, 0.1) is 43.7 Å². The van der Waals surface area contributed by atoms with E-state index in [1.54, 1.807) is 0 Å². The van der Waals surface area contributed by atoms with Gasteiger partial charge in [-0.3, -0.25) is 0 Å². The zero-order chi connectivity index (χ0) is 54.4. The Labute approximate surface area is 434 Å². The lowest BCUT2D eigenvalue weighted by Gasteiger charge is -2.71. The molecule has 8 rings (SSSR count). The van der Waals surface area contributed by atoms with Gasteiger partial charge in [0.2, 0.25) is 0 Å². The van der Waals surface area contributed by atoms with E-state index in [0.717, 1.165) is 31.3 Å². The molecule has 0 bridgehead atoms. The maximum absolute atomic E-state index is 12.8. The number of hydrogen-bond acceptors (Lipinski definition) is 21. The summed E-state index contributed by atoms with van der Waals surface area (Å²) in [6.45, 7) is 17.5. The first kappa shape index (κ1) is 59.0. The third kappa shape index (κ3) is 10.2. The standard InChI is InChI=1S/C53H90O21/c1-23(2)11-10-15-53(9,74-47-43(66)39(62)37(60)29(71-47)22-68-45-42(65)38(61)34(57)24(3)69-45)25-12-17-52(8)33(25)26(55)19-31-50(6)16-14-32(49(4,5)30(50)13-18-51(31,52)7)72-48-44(40(63)36(59)28(20-54)70-48)73-46-41(64)35(58)27(56)21-67-46/h11,24-48,54-66H,10,12-22H2,1-9H3/t24-,25?,26?,27-,28-,29-,30?,31?,32?,33?,34+,35+,36-,37-,38-,39-,40-,41-,42-,43-,44-,45-,46-,47+,48+,50?,51?,52?,53?/m1/s1. The van der Waals surface area contributed by atoms with Crippen LogP contribution >= 0.6 is 0 Å². The number of ether oxygens (including phenoxy) is 8. The summed E-state index contributed by atoms with van der Waals surface area (Å²) in [6.07, 6.45) is -20.9. The Kier molecular flexibility index (Phi) is 17.6. The Morgan fingerprint density at radius 3 is 1.92 bits per heavy atom.